The summed E-state index contributed by atoms with van der Waals surface area (Å²) >= 11 is 0. The minimum atomic E-state index is 0. The second-order valence-electron chi connectivity index (χ2n) is 23.9. The Labute approximate surface area is 498 Å². The summed E-state index contributed by atoms with van der Waals surface area (Å²) in [6, 6.07) is 14.2. The van der Waals surface area contributed by atoms with Crippen molar-refractivity contribution >= 4 is 22.8 Å². The Morgan fingerprint density at radius 2 is 0.628 bits per heavy atom. The van der Waals surface area contributed by atoms with Gasteiger partial charge < -0.3 is 0 Å². The first-order valence-electron chi connectivity index (χ1n) is 34.7. The van der Waals surface area contributed by atoms with E-state index in [9.17, 15) is 0 Å². The van der Waals surface area contributed by atoms with Gasteiger partial charge in [-0.25, -0.2) is 9.98 Å². The van der Waals surface area contributed by atoms with E-state index in [1.54, 1.807) is 0 Å². The zero-order valence-corrected chi connectivity index (χ0v) is 53.9. The topological polar surface area (TPSA) is 24.7 Å². The molecule has 0 N–H and O–H groups in total. The largest absolute Gasteiger partial charge is 0.246 e. The summed E-state index contributed by atoms with van der Waals surface area (Å²) in [5.41, 5.74) is 9.85. The summed E-state index contributed by atoms with van der Waals surface area (Å²) in [6.07, 6.45) is 72.5. The molecule has 448 valence electrons. The Kier molecular flexibility index (Phi) is 53.2. The first-order chi connectivity index (χ1) is 38.1. The molecule has 0 aliphatic carbocycles. The standard InChI is InChI=1S/C75H128N2.Ni/c1-7-13-19-21-23-25-27-29-31-32-33-34-35-36-37-39-41-43-45-47-49-55-61-75(77-73-65-63-69(57-51-16-10-4)71(67-73)59-53-18-12-6)74(60-54-48-46-44-42-40-38-30-28-26-24-22-20-14-8-2)76-72-64-62-68(56-50-15-9-3)70(66-72)58-52-17-11-5;/h55,61-67H,7-53,56-59H2,1-6H3;/b61-55+,76-74+,77-75+;. The number of hydrogen-bond donors (Lipinski definition) is 0. The molecule has 2 aromatic rings. The second-order valence-corrected chi connectivity index (χ2v) is 23.9. The maximum absolute atomic E-state index is 5.54. The van der Waals surface area contributed by atoms with Gasteiger partial charge in [0.05, 0.1) is 17.1 Å². The van der Waals surface area contributed by atoms with E-state index in [1.807, 2.05) is 0 Å². The third-order valence-electron chi connectivity index (χ3n) is 16.4. The first-order valence-corrected chi connectivity index (χ1v) is 34.7. The van der Waals surface area contributed by atoms with E-state index in [0.29, 0.717) is 0 Å². The van der Waals surface area contributed by atoms with Crippen LogP contribution in [0.15, 0.2) is 58.5 Å². The Morgan fingerprint density at radius 3 is 0.987 bits per heavy atom. The van der Waals surface area contributed by atoms with Gasteiger partial charge in [-0.15, -0.1) is 0 Å². The van der Waals surface area contributed by atoms with E-state index in [-0.39, 0.29) is 16.5 Å². The molecule has 0 heterocycles. The van der Waals surface area contributed by atoms with E-state index < -0.39 is 0 Å². The summed E-state index contributed by atoms with van der Waals surface area (Å²) in [5, 5.41) is 0. The van der Waals surface area contributed by atoms with Crippen molar-refractivity contribution in [3.63, 3.8) is 0 Å². The molecule has 78 heavy (non-hydrogen) atoms. The summed E-state index contributed by atoms with van der Waals surface area (Å²) in [4.78, 5) is 11.0. The van der Waals surface area contributed by atoms with Crippen LogP contribution >= 0.6 is 0 Å². The van der Waals surface area contributed by atoms with Crippen molar-refractivity contribution in [2.24, 2.45) is 9.98 Å². The van der Waals surface area contributed by atoms with E-state index in [4.69, 9.17) is 9.98 Å². The smallest absolute Gasteiger partial charge is 0.139 e. The maximum Gasteiger partial charge on any atom is 0.139 e. The first kappa shape index (κ1) is 73.6. The van der Waals surface area contributed by atoms with Crippen LogP contribution in [0.25, 0.3) is 0 Å². The van der Waals surface area contributed by atoms with Crippen LogP contribution in [0.2, 0.25) is 0 Å². The van der Waals surface area contributed by atoms with E-state index in [1.165, 1.54) is 305 Å². The fourth-order valence-corrected chi connectivity index (χ4v) is 11.3. The fraction of sp³-hybridized carbons (Fsp3) is 0.760. The van der Waals surface area contributed by atoms with Crippen molar-refractivity contribution in [1.29, 1.82) is 0 Å². The zero-order chi connectivity index (χ0) is 55.2. The van der Waals surface area contributed by atoms with Gasteiger partial charge in [0.15, 0.2) is 0 Å². The Balaban J connectivity index is 0.0000304. The quantitative estimate of drug-likeness (QED) is 0.0273. The molecule has 0 spiro atoms. The molecule has 0 amide bonds. The molecule has 0 unspecified atom stereocenters. The summed E-state index contributed by atoms with van der Waals surface area (Å²) < 4.78 is 0. The number of hydrogen-bond acceptors (Lipinski definition) is 2. The molecule has 2 nitrogen and oxygen atoms in total. The molecule has 2 aromatic carbocycles. The number of allylic oxidation sites excluding steroid dienone is 2. The van der Waals surface area contributed by atoms with Gasteiger partial charge in [0.1, 0.15) is 5.71 Å². The molecule has 0 saturated heterocycles. The van der Waals surface area contributed by atoms with Gasteiger partial charge >= 0.3 is 0 Å². The average Bonchev–Trinajstić information content (AvgIpc) is 3.44. The average molecular weight is 1120 g/mol. The molecule has 3 heteroatoms. The second kappa shape index (κ2) is 56.4. The molecule has 0 aliphatic heterocycles. The van der Waals surface area contributed by atoms with Crippen molar-refractivity contribution < 1.29 is 16.5 Å². The number of rotatable bonds is 54. The van der Waals surface area contributed by atoms with Crippen LogP contribution < -0.4 is 0 Å². The van der Waals surface area contributed by atoms with Gasteiger partial charge in [-0.1, -0.05) is 316 Å². The van der Waals surface area contributed by atoms with Crippen LogP contribution in [0.1, 0.15) is 366 Å². The third kappa shape index (κ3) is 41.5. The van der Waals surface area contributed by atoms with Crippen molar-refractivity contribution in [1.82, 2.24) is 0 Å². The van der Waals surface area contributed by atoms with Crippen molar-refractivity contribution in [2.45, 2.75) is 369 Å². The molecule has 2 rings (SSSR count). The van der Waals surface area contributed by atoms with Gasteiger partial charge in [-0.05, 0) is 129 Å². The summed E-state index contributed by atoms with van der Waals surface area (Å²) in [5.74, 6) is 7.36. The normalized spacial score (nSPS) is 11.9. The fourth-order valence-electron chi connectivity index (χ4n) is 11.3. The van der Waals surface area contributed by atoms with Gasteiger partial charge in [0.25, 0.3) is 0 Å². The third-order valence-corrected chi connectivity index (χ3v) is 16.4. The molecule has 0 aliphatic rings. The molecule has 0 aromatic heterocycles. The molecule has 0 atom stereocenters. The van der Waals surface area contributed by atoms with E-state index in [2.05, 4.69) is 102 Å². The number of benzene rings is 2. The van der Waals surface area contributed by atoms with E-state index >= 15 is 0 Å². The van der Waals surface area contributed by atoms with Crippen LogP contribution in [0, 0.1) is 11.8 Å². The van der Waals surface area contributed by atoms with Gasteiger partial charge in [-0.2, -0.15) is 0 Å². The predicted octanol–water partition coefficient (Wildman–Crippen LogP) is 25.7. The summed E-state index contributed by atoms with van der Waals surface area (Å²) in [6.45, 7) is 13.9. The molecular weight excluding hydrogens is 988 g/mol. The SMILES string of the molecule is CCCCCCCCCCCCCCCC#CC(=N\c1ccc(CCCCC)c(CCCCC)c1)/C(/C=C/CCCCCCCCCCCCCCCCCCCCCC)=N/c1ccc(CCCCC)c(CCCCC)c1.[Ni]. The van der Waals surface area contributed by atoms with Gasteiger partial charge in [-0.3, -0.25) is 0 Å². The van der Waals surface area contributed by atoms with Crippen molar-refractivity contribution in [3.05, 3.63) is 70.8 Å². The minimum absolute atomic E-state index is 0. The number of unbranched alkanes of at least 4 members (excludes halogenated alkanes) is 41. The van der Waals surface area contributed by atoms with Crippen LogP contribution in [0.5, 0.6) is 0 Å². The minimum Gasteiger partial charge on any atom is -0.246 e. The zero-order valence-electron chi connectivity index (χ0n) is 52.9. The monoisotopic (exact) mass is 1110 g/mol. The Bertz CT molecular complexity index is 1790. The van der Waals surface area contributed by atoms with Gasteiger partial charge in [0.2, 0.25) is 0 Å². The van der Waals surface area contributed by atoms with Crippen LogP contribution in [0.3, 0.4) is 0 Å². The van der Waals surface area contributed by atoms with Crippen LogP contribution in [-0.4, -0.2) is 11.4 Å². The summed E-state index contributed by atoms with van der Waals surface area (Å²) in [7, 11) is 0. The van der Waals surface area contributed by atoms with Crippen LogP contribution in [0.4, 0.5) is 11.4 Å². The maximum atomic E-state index is 5.54. The number of aliphatic imine (C=N–C) groups is 2. The molecule has 0 bridgehead atoms. The van der Waals surface area contributed by atoms with Gasteiger partial charge in [0, 0.05) is 22.9 Å². The molecule has 0 fully saturated rings. The molecule has 0 saturated carbocycles. The number of aryl methyl sites for hydroxylation is 4. The van der Waals surface area contributed by atoms with Crippen molar-refractivity contribution in [3.8, 4) is 11.8 Å². The predicted molar refractivity (Wildman–Crippen MR) is 350 cm³/mol. The van der Waals surface area contributed by atoms with Crippen molar-refractivity contribution in [2.75, 3.05) is 0 Å². The number of nitrogens with zero attached hydrogens (tertiary/aromatic N) is 2. The van der Waals surface area contributed by atoms with Crippen LogP contribution in [-0.2, 0) is 42.2 Å². The Hall–Kier alpha value is -2.43. The Morgan fingerprint density at radius 1 is 0.333 bits per heavy atom. The molecule has 0 radical (unpaired) electrons. The molecular formula is C75H128N2Ni. The van der Waals surface area contributed by atoms with E-state index in [0.717, 1.165) is 67.7 Å².